The van der Waals surface area contributed by atoms with Crippen LogP contribution in [0.3, 0.4) is 0 Å². The van der Waals surface area contributed by atoms with Crippen molar-refractivity contribution in [2.45, 2.75) is 55.7 Å². The van der Waals surface area contributed by atoms with Crippen LogP contribution in [-0.2, 0) is 9.59 Å². The molecular weight excluding hydrogens is 501 g/mol. The Bertz CT molecular complexity index is 1110. The first-order valence-electron chi connectivity index (χ1n) is 11.5. The third-order valence-corrected chi connectivity index (χ3v) is 7.18. The van der Waals surface area contributed by atoms with E-state index >= 15 is 0 Å². The van der Waals surface area contributed by atoms with Gasteiger partial charge in [-0.1, -0.05) is 11.6 Å². The third kappa shape index (κ3) is 5.87. The van der Waals surface area contributed by atoms with Crippen LogP contribution < -0.4 is 20.1 Å². The zero-order valence-corrected chi connectivity index (χ0v) is 20.0. The summed E-state index contributed by atoms with van der Waals surface area (Å²) in [4.78, 5) is 25.0. The summed E-state index contributed by atoms with van der Waals surface area (Å²) in [5.74, 6) is -1.03. The monoisotopic (exact) mass is 526 g/mol. The number of halogens is 4. The number of hydrogen-bond donors (Lipinski definition) is 3. The molecule has 1 atom stereocenters. The van der Waals surface area contributed by atoms with Crippen LogP contribution in [0.15, 0.2) is 42.5 Å². The fraction of sp³-hybridized carbons (Fsp3) is 0.440. The number of fused-ring (bicyclic) bond motifs is 3. The minimum Gasteiger partial charge on any atom is -0.484 e. The number of rotatable bonds is 9. The highest BCUT2D eigenvalue weighted by molar-refractivity contribution is 6.30. The number of amides is 2. The van der Waals surface area contributed by atoms with Gasteiger partial charge in [0.2, 0.25) is 0 Å². The van der Waals surface area contributed by atoms with Gasteiger partial charge in [-0.25, -0.2) is 13.2 Å². The molecule has 194 valence electrons. The van der Waals surface area contributed by atoms with Gasteiger partial charge in [-0.2, -0.15) is 0 Å². The number of aliphatic hydroxyl groups excluding tert-OH is 1. The van der Waals surface area contributed by atoms with Gasteiger partial charge in [0, 0.05) is 17.2 Å². The highest BCUT2D eigenvalue weighted by atomic mass is 35.5. The zero-order valence-electron chi connectivity index (χ0n) is 19.2. The summed E-state index contributed by atoms with van der Waals surface area (Å²) >= 11 is 5.64. The van der Waals surface area contributed by atoms with E-state index < -0.39 is 41.2 Å². The van der Waals surface area contributed by atoms with Gasteiger partial charge in [-0.15, -0.1) is 0 Å². The van der Waals surface area contributed by atoms with Crippen LogP contribution in [0.25, 0.3) is 0 Å². The molecule has 2 bridgehead atoms. The summed E-state index contributed by atoms with van der Waals surface area (Å²) in [6.45, 7) is -0.649. The van der Waals surface area contributed by atoms with E-state index in [0.717, 1.165) is 6.07 Å². The second-order valence-electron chi connectivity index (χ2n) is 9.28. The number of carbonyl (C=O) groups is 2. The summed E-state index contributed by atoms with van der Waals surface area (Å²) in [5, 5.41) is 16.6. The minimum absolute atomic E-state index is 0.0465. The van der Waals surface area contributed by atoms with Crippen LogP contribution in [0.1, 0.15) is 44.1 Å². The first kappa shape index (κ1) is 26.1. The summed E-state index contributed by atoms with van der Waals surface area (Å²) in [7, 11) is 0. The lowest BCUT2D eigenvalue weighted by molar-refractivity contribution is -0.137. The smallest absolute Gasteiger partial charge is 0.263 e. The molecule has 0 spiro atoms. The molecule has 0 aromatic heterocycles. The predicted octanol–water partition coefficient (Wildman–Crippen LogP) is 3.92. The molecule has 0 aliphatic heterocycles. The molecule has 2 aromatic carbocycles. The Labute approximate surface area is 210 Å². The number of alkyl halides is 2. The Morgan fingerprint density at radius 1 is 0.972 bits per heavy atom. The van der Waals surface area contributed by atoms with E-state index in [1.54, 1.807) is 0 Å². The number of ether oxygens (including phenoxy) is 2. The van der Waals surface area contributed by atoms with E-state index in [-0.39, 0.29) is 41.7 Å². The summed E-state index contributed by atoms with van der Waals surface area (Å²) in [5.41, 5.74) is -1.59. The molecule has 7 nitrogen and oxygen atoms in total. The largest absolute Gasteiger partial charge is 0.484 e. The second-order valence-corrected chi connectivity index (χ2v) is 9.68. The maximum atomic E-state index is 13.5. The van der Waals surface area contributed by atoms with Gasteiger partial charge in [-0.3, -0.25) is 9.59 Å². The summed E-state index contributed by atoms with van der Waals surface area (Å²) < 4.78 is 49.6. The maximum Gasteiger partial charge on any atom is 0.263 e. The van der Waals surface area contributed by atoms with E-state index in [2.05, 4.69) is 10.6 Å². The molecule has 36 heavy (non-hydrogen) atoms. The zero-order chi connectivity index (χ0) is 25.9. The molecule has 11 heteroatoms. The molecular formula is C25H26ClF3N2O5. The molecule has 2 aromatic rings. The lowest BCUT2D eigenvalue weighted by Gasteiger charge is -2.56. The number of aliphatic hydroxyl groups is 1. The molecule has 0 unspecified atom stereocenters. The van der Waals surface area contributed by atoms with Crippen LogP contribution in [0.4, 0.5) is 13.2 Å². The number of nitrogens with one attached hydrogen (secondary N) is 2. The molecule has 0 heterocycles. The van der Waals surface area contributed by atoms with E-state index in [4.69, 9.17) is 21.1 Å². The molecule has 0 radical (unpaired) electrons. The first-order chi connectivity index (χ1) is 17.1. The molecule has 3 aliphatic rings. The van der Waals surface area contributed by atoms with Crippen LogP contribution in [0.2, 0.25) is 5.02 Å². The SMILES string of the molecule is O=C(COc1ccc(Cl)c(F)c1)NC12CCC(NC(=O)COc3ccc(C(F)F)cc3)(CC1)[C@@H](O)C2. The summed E-state index contributed by atoms with van der Waals surface area (Å²) in [6.07, 6.45) is -1.23. The first-order valence-corrected chi connectivity index (χ1v) is 11.9. The van der Waals surface area contributed by atoms with Crippen LogP contribution in [-0.4, -0.2) is 47.3 Å². The lowest BCUT2D eigenvalue weighted by atomic mass is 9.60. The Balaban J connectivity index is 1.26. The van der Waals surface area contributed by atoms with E-state index in [0.29, 0.717) is 25.7 Å². The number of carbonyl (C=O) groups excluding carboxylic acids is 2. The van der Waals surface area contributed by atoms with Crippen molar-refractivity contribution in [3.05, 3.63) is 58.9 Å². The van der Waals surface area contributed by atoms with Crippen molar-refractivity contribution >= 4 is 23.4 Å². The molecule has 3 saturated carbocycles. The van der Waals surface area contributed by atoms with Crippen molar-refractivity contribution in [2.75, 3.05) is 13.2 Å². The van der Waals surface area contributed by atoms with Crippen molar-refractivity contribution in [1.82, 2.24) is 10.6 Å². The van der Waals surface area contributed by atoms with Crippen LogP contribution in [0.5, 0.6) is 11.5 Å². The summed E-state index contributed by atoms with van der Waals surface area (Å²) in [6, 6.07) is 9.09. The highest BCUT2D eigenvalue weighted by Gasteiger charge is 2.55. The van der Waals surface area contributed by atoms with Gasteiger partial charge in [0.1, 0.15) is 17.3 Å². The highest BCUT2D eigenvalue weighted by Crippen LogP contribution is 2.47. The average molecular weight is 527 g/mol. The van der Waals surface area contributed by atoms with Gasteiger partial charge >= 0.3 is 0 Å². The van der Waals surface area contributed by atoms with Gasteiger partial charge in [-0.05, 0) is 68.5 Å². The fourth-order valence-corrected chi connectivity index (χ4v) is 5.00. The topological polar surface area (TPSA) is 96.9 Å². The van der Waals surface area contributed by atoms with Crippen molar-refractivity contribution in [3.8, 4) is 11.5 Å². The molecule has 5 rings (SSSR count). The molecule has 3 aliphatic carbocycles. The Hall–Kier alpha value is -2.98. The average Bonchev–Trinajstić information content (AvgIpc) is 2.85. The normalized spacial score (nSPS) is 24.9. The van der Waals surface area contributed by atoms with E-state index in [1.165, 1.54) is 36.4 Å². The minimum atomic E-state index is -2.59. The Kier molecular flexibility index (Phi) is 7.65. The number of benzene rings is 2. The Morgan fingerprint density at radius 2 is 1.56 bits per heavy atom. The quantitative estimate of drug-likeness (QED) is 0.460. The molecule has 0 saturated heterocycles. The molecule has 2 amide bonds. The Morgan fingerprint density at radius 3 is 2.14 bits per heavy atom. The lowest BCUT2D eigenvalue weighted by Crippen LogP contribution is -2.70. The standard InChI is InChI=1S/C25H26ClF3N2O5/c26-18-6-5-17(11-19(18)27)36-13-21(33)30-24-7-9-25(10-8-24,20(32)12-24)31-22(34)14-35-16-3-1-15(2-4-16)23(28)29/h1-6,11,20,23,32H,7-10,12-14H2,(H,30,33)(H,31,34)/t20-,24?,25?/m0/s1. The van der Waals surface area contributed by atoms with Crippen LogP contribution >= 0.6 is 11.6 Å². The van der Waals surface area contributed by atoms with Crippen molar-refractivity contribution < 1.29 is 37.3 Å². The predicted molar refractivity (Wildman–Crippen MR) is 125 cm³/mol. The second kappa shape index (κ2) is 10.6. The van der Waals surface area contributed by atoms with Crippen molar-refractivity contribution in [3.63, 3.8) is 0 Å². The molecule has 3 N–H and O–H groups in total. The maximum absolute atomic E-state index is 13.5. The van der Waals surface area contributed by atoms with Gasteiger partial charge in [0.05, 0.1) is 16.7 Å². The van der Waals surface area contributed by atoms with E-state index in [1.807, 2.05) is 0 Å². The van der Waals surface area contributed by atoms with Crippen molar-refractivity contribution in [2.24, 2.45) is 0 Å². The third-order valence-electron chi connectivity index (χ3n) is 6.88. The van der Waals surface area contributed by atoms with Gasteiger partial charge < -0.3 is 25.2 Å². The van der Waals surface area contributed by atoms with Crippen molar-refractivity contribution in [1.29, 1.82) is 0 Å². The molecule has 3 fully saturated rings. The van der Waals surface area contributed by atoms with Gasteiger partial charge in [0.25, 0.3) is 18.2 Å². The van der Waals surface area contributed by atoms with E-state index in [9.17, 15) is 27.9 Å². The number of hydrogen-bond acceptors (Lipinski definition) is 5. The van der Waals surface area contributed by atoms with Crippen LogP contribution in [0, 0.1) is 5.82 Å². The van der Waals surface area contributed by atoms with Gasteiger partial charge in [0.15, 0.2) is 13.2 Å². The fourth-order valence-electron chi connectivity index (χ4n) is 4.88.